The lowest BCUT2D eigenvalue weighted by atomic mass is 10.2. The average molecular weight is 296 g/mol. The lowest BCUT2D eigenvalue weighted by molar-refractivity contribution is 0.306. The molecule has 2 nitrogen and oxygen atoms in total. The smallest absolute Gasteiger partial charge is 0.120 e. The van der Waals surface area contributed by atoms with Crippen molar-refractivity contribution in [2.75, 3.05) is 7.05 Å². The third-order valence-corrected chi connectivity index (χ3v) is 3.28. The van der Waals surface area contributed by atoms with Crippen LogP contribution in [0.4, 0.5) is 0 Å². The molecular weight excluding hydrogens is 281 g/mol. The summed E-state index contributed by atoms with van der Waals surface area (Å²) < 4.78 is 5.74. The molecule has 0 aromatic heterocycles. The van der Waals surface area contributed by atoms with Gasteiger partial charge in [-0.2, -0.15) is 0 Å². The predicted octanol–water partition coefficient (Wildman–Crippen LogP) is 4.29. The molecule has 0 radical (unpaired) electrons. The van der Waals surface area contributed by atoms with Gasteiger partial charge in [0.2, 0.25) is 0 Å². The van der Waals surface area contributed by atoms with E-state index in [4.69, 9.17) is 27.9 Å². The van der Waals surface area contributed by atoms with Crippen LogP contribution in [0.3, 0.4) is 0 Å². The minimum atomic E-state index is 0.430. The summed E-state index contributed by atoms with van der Waals surface area (Å²) in [6, 6.07) is 13.4. The Bertz CT molecular complexity index is 558. The van der Waals surface area contributed by atoms with E-state index in [1.165, 1.54) is 5.56 Å². The molecule has 19 heavy (non-hydrogen) atoms. The van der Waals surface area contributed by atoms with E-state index in [-0.39, 0.29) is 0 Å². The van der Waals surface area contributed by atoms with Gasteiger partial charge < -0.3 is 10.1 Å². The largest absolute Gasteiger partial charge is 0.489 e. The second-order valence-electron chi connectivity index (χ2n) is 4.20. The van der Waals surface area contributed by atoms with Crippen molar-refractivity contribution in [1.82, 2.24) is 5.32 Å². The van der Waals surface area contributed by atoms with Crippen LogP contribution in [0, 0.1) is 0 Å². The average Bonchev–Trinajstić information content (AvgIpc) is 2.38. The van der Waals surface area contributed by atoms with Crippen LogP contribution in [0.2, 0.25) is 10.0 Å². The monoisotopic (exact) mass is 295 g/mol. The van der Waals surface area contributed by atoms with E-state index >= 15 is 0 Å². The van der Waals surface area contributed by atoms with Crippen LogP contribution in [0.15, 0.2) is 42.5 Å². The molecule has 4 heteroatoms. The fourth-order valence-electron chi connectivity index (χ4n) is 1.75. The number of hydrogen-bond donors (Lipinski definition) is 1. The van der Waals surface area contributed by atoms with Gasteiger partial charge in [-0.1, -0.05) is 41.4 Å². The molecule has 100 valence electrons. The summed E-state index contributed by atoms with van der Waals surface area (Å²) in [5.41, 5.74) is 2.10. The van der Waals surface area contributed by atoms with E-state index in [0.717, 1.165) is 17.9 Å². The Hall–Kier alpha value is -1.22. The molecule has 0 heterocycles. The Morgan fingerprint density at radius 1 is 1.11 bits per heavy atom. The molecule has 0 spiro atoms. The van der Waals surface area contributed by atoms with Gasteiger partial charge in [-0.05, 0) is 36.9 Å². The molecule has 0 atom stereocenters. The molecule has 2 rings (SSSR count). The van der Waals surface area contributed by atoms with Gasteiger partial charge in [0.05, 0.1) is 0 Å². The first-order chi connectivity index (χ1) is 9.19. The molecule has 0 bridgehead atoms. The molecule has 2 aromatic carbocycles. The van der Waals surface area contributed by atoms with Crippen molar-refractivity contribution in [3.05, 3.63) is 63.6 Å². The highest BCUT2D eigenvalue weighted by molar-refractivity contribution is 6.35. The second kappa shape index (κ2) is 6.80. The molecule has 0 saturated heterocycles. The van der Waals surface area contributed by atoms with Crippen LogP contribution in [0.25, 0.3) is 0 Å². The second-order valence-corrected chi connectivity index (χ2v) is 5.05. The van der Waals surface area contributed by atoms with Crippen molar-refractivity contribution in [1.29, 1.82) is 0 Å². The van der Waals surface area contributed by atoms with Gasteiger partial charge in [0.25, 0.3) is 0 Å². The maximum Gasteiger partial charge on any atom is 0.120 e. The molecule has 0 fully saturated rings. The molecule has 0 aliphatic rings. The summed E-state index contributed by atoms with van der Waals surface area (Å²) in [4.78, 5) is 0. The summed E-state index contributed by atoms with van der Waals surface area (Å²) in [6.45, 7) is 1.25. The Labute approximate surface area is 123 Å². The molecule has 0 saturated carbocycles. The Balaban J connectivity index is 2.03. The normalized spacial score (nSPS) is 10.5. The van der Waals surface area contributed by atoms with Crippen molar-refractivity contribution < 1.29 is 4.74 Å². The fraction of sp³-hybridized carbons (Fsp3) is 0.200. The van der Waals surface area contributed by atoms with Crippen molar-refractivity contribution in [2.24, 2.45) is 0 Å². The first-order valence-corrected chi connectivity index (χ1v) is 6.75. The lowest BCUT2D eigenvalue weighted by Crippen LogP contribution is -2.05. The van der Waals surface area contributed by atoms with E-state index in [9.17, 15) is 0 Å². The number of nitrogens with one attached hydrogen (secondary N) is 1. The van der Waals surface area contributed by atoms with Crippen molar-refractivity contribution in [2.45, 2.75) is 13.2 Å². The highest BCUT2D eigenvalue weighted by atomic mass is 35.5. The quantitative estimate of drug-likeness (QED) is 0.888. The molecule has 1 N–H and O–H groups in total. The van der Waals surface area contributed by atoms with Gasteiger partial charge in [-0.25, -0.2) is 0 Å². The van der Waals surface area contributed by atoms with Crippen molar-refractivity contribution >= 4 is 23.2 Å². The molecule has 0 aliphatic carbocycles. The van der Waals surface area contributed by atoms with Gasteiger partial charge in [0.15, 0.2) is 0 Å². The lowest BCUT2D eigenvalue weighted by Gasteiger charge is -2.09. The van der Waals surface area contributed by atoms with E-state index in [1.807, 2.05) is 37.4 Å². The number of rotatable bonds is 5. The summed E-state index contributed by atoms with van der Waals surface area (Å²) in [7, 11) is 1.92. The first kappa shape index (κ1) is 14.2. The zero-order chi connectivity index (χ0) is 13.7. The first-order valence-electron chi connectivity index (χ1n) is 5.99. The zero-order valence-electron chi connectivity index (χ0n) is 10.6. The van der Waals surface area contributed by atoms with E-state index in [1.54, 1.807) is 6.07 Å². The number of benzene rings is 2. The molecule has 0 unspecified atom stereocenters. The van der Waals surface area contributed by atoms with E-state index in [0.29, 0.717) is 16.7 Å². The minimum Gasteiger partial charge on any atom is -0.489 e. The van der Waals surface area contributed by atoms with E-state index in [2.05, 4.69) is 11.4 Å². The van der Waals surface area contributed by atoms with Gasteiger partial charge in [0, 0.05) is 22.2 Å². The van der Waals surface area contributed by atoms with E-state index < -0.39 is 0 Å². The van der Waals surface area contributed by atoms with Gasteiger partial charge in [-0.3, -0.25) is 0 Å². The topological polar surface area (TPSA) is 21.3 Å². The maximum atomic E-state index is 6.10. The highest BCUT2D eigenvalue weighted by Gasteiger charge is 2.03. The van der Waals surface area contributed by atoms with Gasteiger partial charge >= 0.3 is 0 Å². The number of hydrogen-bond acceptors (Lipinski definition) is 2. The Kier molecular flexibility index (Phi) is 5.08. The number of halogens is 2. The summed E-state index contributed by atoms with van der Waals surface area (Å²) in [6.07, 6.45) is 0. The molecule has 0 amide bonds. The minimum absolute atomic E-state index is 0.430. The van der Waals surface area contributed by atoms with Crippen molar-refractivity contribution in [3.63, 3.8) is 0 Å². The molecule has 0 aliphatic heterocycles. The Morgan fingerprint density at radius 2 is 1.95 bits per heavy atom. The van der Waals surface area contributed by atoms with Crippen LogP contribution in [0.1, 0.15) is 11.1 Å². The number of ether oxygens (including phenoxy) is 1. The predicted molar refractivity (Wildman–Crippen MR) is 80.0 cm³/mol. The SMILES string of the molecule is CNCc1cccc(OCc2ccc(Cl)cc2Cl)c1. The highest BCUT2D eigenvalue weighted by Crippen LogP contribution is 2.23. The standard InChI is InChI=1S/C15H15Cl2NO/c1-18-9-11-3-2-4-14(7-11)19-10-12-5-6-13(16)8-15(12)17/h2-8,18H,9-10H2,1H3. The Morgan fingerprint density at radius 3 is 2.68 bits per heavy atom. The van der Waals surface area contributed by atoms with Gasteiger partial charge in [0.1, 0.15) is 12.4 Å². The van der Waals surface area contributed by atoms with Crippen LogP contribution < -0.4 is 10.1 Å². The summed E-state index contributed by atoms with van der Waals surface area (Å²) >= 11 is 12.0. The third kappa shape index (κ3) is 4.13. The van der Waals surface area contributed by atoms with Crippen LogP contribution in [-0.2, 0) is 13.2 Å². The zero-order valence-corrected chi connectivity index (χ0v) is 12.1. The summed E-state index contributed by atoms with van der Waals surface area (Å²) in [5, 5.41) is 4.36. The van der Waals surface area contributed by atoms with Crippen molar-refractivity contribution in [3.8, 4) is 5.75 Å². The van der Waals surface area contributed by atoms with Crippen LogP contribution in [-0.4, -0.2) is 7.05 Å². The molecule has 2 aromatic rings. The van der Waals surface area contributed by atoms with Crippen LogP contribution >= 0.6 is 23.2 Å². The maximum absolute atomic E-state index is 6.10. The third-order valence-electron chi connectivity index (χ3n) is 2.69. The fourth-order valence-corrected chi connectivity index (χ4v) is 2.21. The summed E-state index contributed by atoms with van der Waals surface area (Å²) in [5.74, 6) is 0.832. The molecular formula is C15H15Cl2NO. The van der Waals surface area contributed by atoms with Crippen LogP contribution in [0.5, 0.6) is 5.75 Å². The van der Waals surface area contributed by atoms with Gasteiger partial charge in [-0.15, -0.1) is 0 Å².